The molecule has 0 spiro atoms. The van der Waals surface area contributed by atoms with E-state index in [4.69, 9.17) is 0 Å². The third-order valence-corrected chi connectivity index (χ3v) is 3.49. The predicted octanol–water partition coefficient (Wildman–Crippen LogP) is 2.76. The molecule has 0 fully saturated rings. The van der Waals surface area contributed by atoms with Gasteiger partial charge in [0.2, 0.25) is 0 Å². The van der Waals surface area contributed by atoms with Crippen LogP contribution in [0, 0.1) is 0 Å². The van der Waals surface area contributed by atoms with Crippen molar-refractivity contribution in [3.05, 3.63) is 40.4 Å². The summed E-state index contributed by atoms with van der Waals surface area (Å²) >= 11 is 3.32. The number of nitrogens with zero attached hydrogens (tertiary/aromatic N) is 5. The van der Waals surface area contributed by atoms with Gasteiger partial charge in [-0.15, -0.1) is 5.10 Å². The van der Waals surface area contributed by atoms with Crippen molar-refractivity contribution in [1.82, 2.24) is 24.9 Å². The van der Waals surface area contributed by atoms with E-state index >= 15 is 0 Å². The van der Waals surface area contributed by atoms with Crippen LogP contribution >= 0.6 is 15.9 Å². The molecule has 2 aromatic heterocycles. The van der Waals surface area contributed by atoms with E-state index in [9.17, 15) is 9.90 Å². The number of aromatic nitrogens is 4. The number of rotatable bonds is 4. The Bertz CT molecular complexity index is 665. The minimum atomic E-state index is -0.976. The fourth-order valence-corrected chi connectivity index (χ4v) is 2.33. The molecule has 0 aliphatic rings. The van der Waals surface area contributed by atoms with Gasteiger partial charge in [0.05, 0.1) is 25.0 Å². The Balaban J connectivity index is 2.09. The molecule has 118 valence electrons. The zero-order valence-electron chi connectivity index (χ0n) is 12.7. The molecule has 0 aromatic carbocycles. The first kappa shape index (κ1) is 16.4. The number of hydrogen-bond acceptors (Lipinski definition) is 4. The van der Waals surface area contributed by atoms with E-state index in [2.05, 4.69) is 31.2 Å². The maximum absolute atomic E-state index is 11.3. The largest absolute Gasteiger partial charge is 0.465 e. The van der Waals surface area contributed by atoms with Crippen molar-refractivity contribution in [2.24, 2.45) is 0 Å². The Morgan fingerprint density at radius 1 is 1.36 bits per heavy atom. The van der Waals surface area contributed by atoms with Gasteiger partial charge in [-0.25, -0.2) is 14.5 Å². The lowest BCUT2D eigenvalue weighted by molar-refractivity contribution is 0.0947. The first-order valence-corrected chi connectivity index (χ1v) is 7.56. The molecule has 2 heterocycles. The first-order chi connectivity index (χ1) is 10.3. The molecule has 0 aliphatic heterocycles. The fourth-order valence-electron chi connectivity index (χ4n) is 1.95. The van der Waals surface area contributed by atoms with Gasteiger partial charge in [0, 0.05) is 5.54 Å². The van der Waals surface area contributed by atoms with Crippen molar-refractivity contribution in [3.63, 3.8) is 0 Å². The fraction of sp³-hybridized carbons (Fsp3) is 0.429. The van der Waals surface area contributed by atoms with Gasteiger partial charge in [0.15, 0.2) is 0 Å². The van der Waals surface area contributed by atoms with Crippen molar-refractivity contribution in [2.45, 2.75) is 39.4 Å². The number of halogens is 1. The van der Waals surface area contributed by atoms with Crippen molar-refractivity contribution < 1.29 is 9.90 Å². The molecular weight excluding hydrogens is 350 g/mol. The molecule has 0 aliphatic carbocycles. The van der Waals surface area contributed by atoms with Gasteiger partial charge in [-0.1, -0.05) is 11.3 Å². The van der Waals surface area contributed by atoms with Crippen LogP contribution in [0.5, 0.6) is 0 Å². The van der Waals surface area contributed by atoms with Gasteiger partial charge in [0.25, 0.3) is 0 Å². The topological polar surface area (TPSA) is 84.1 Å². The maximum atomic E-state index is 11.3. The molecule has 1 amide bonds. The van der Waals surface area contributed by atoms with Crippen LogP contribution in [0.3, 0.4) is 0 Å². The molecule has 2 aromatic rings. The van der Waals surface area contributed by atoms with E-state index in [1.54, 1.807) is 10.9 Å². The van der Waals surface area contributed by atoms with Gasteiger partial charge in [0.1, 0.15) is 10.3 Å². The summed E-state index contributed by atoms with van der Waals surface area (Å²) in [5.74, 6) is 0. The summed E-state index contributed by atoms with van der Waals surface area (Å²) in [5, 5.41) is 17.4. The second kappa shape index (κ2) is 6.43. The number of carboxylic acid groups (broad SMARTS) is 1. The van der Waals surface area contributed by atoms with E-state index in [-0.39, 0.29) is 6.54 Å². The molecule has 0 atom stereocenters. The highest BCUT2D eigenvalue weighted by atomic mass is 79.9. The summed E-state index contributed by atoms with van der Waals surface area (Å²) in [6.45, 7) is 6.21. The van der Waals surface area contributed by atoms with E-state index in [1.807, 2.05) is 39.0 Å². The number of pyridine rings is 1. The van der Waals surface area contributed by atoms with Gasteiger partial charge in [-0.05, 0) is 48.8 Å². The minimum Gasteiger partial charge on any atom is -0.465 e. The van der Waals surface area contributed by atoms with Crippen molar-refractivity contribution >= 4 is 22.0 Å². The van der Waals surface area contributed by atoms with Crippen molar-refractivity contribution in [1.29, 1.82) is 0 Å². The lowest BCUT2D eigenvalue weighted by Gasteiger charge is -2.32. The summed E-state index contributed by atoms with van der Waals surface area (Å²) in [6, 6.07) is 5.64. The van der Waals surface area contributed by atoms with Crippen LogP contribution in [0.4, 0.5) is 4.79 Å². The first-order valence-electron chi connectivity index (χ1n) is 6.77. The highest BCUT2D eigenvalue weighted by Gasteiger charge is 2.27. The molecule has 8 heteroatoms. The molecule has 0 radical (unpaired) electrons. The molecular formula is C14H18BrN5O2. The molecule has 0 saturated heterocycles. The van der Waals surface area contributed by atoms with Crippen molar-refractivity contribution in [2.75, 3.05) is 0 Å². The average molecular weight is 368 g/mol. The van der Waals surface area contributed by atoms with E-state index < -0.39 is 11.6 Å². The van der Waals surface area contributed by atoms with Gasteiger partial charge in [-0.3, -0.25) is 4.90 Å². The number of hydrogen-bond donors (Lipinski definition) is 1. The Morgan fingerprint density at radius 2 is 2.09 bits per heavy atom. The third kappa shape index (κ3) is 4.27. The van der Waals surface area contributed by atoms with Crippen LogP contribution in [0.15, 0.2) is 29.0 Å². The summed E-state index contributed by atoms with van der Waals surface area (Å²) in [5.41, 5.74) is 0.950. The van der Waals surface area contributed by atoms with Crippen LogP contribution in [-0.4, -0.2) is 41.6 Å². The predicted molar refractivity (Wildman–Crippen MR) is 84.4 cm³/mol. The monoisotopic (exact) mass is 367 g/mol. The molecule has 7 nitrogen and oxygen atoms in total. The number of amides is 1. The van der Waals surface area contributed by atoms with Gasteiger partial charge in [-0.2, -0.15) is 0 Å². The number of carbonyl (C=O) groups is 1. The Hall–Kier alpha value is -1.96. The SMILES string of the molecule is CC(C)(C)N(Cc1cn(Cc2cccc(Br)n2)nn1)C(=O)O. The second-order valence-corrected chi connectivity index (χ2v) is 6.71. The molecule has 22 heavy (non-hydrogen) atoms. The van der Waals surface area contributed by atoms with Gasteiger partial charge < -0.3 is 5.11 Å². The quantitative estimate of drug-likeness (QED) is 0.839. The lowest BCUT2D eigenvalue weighted by Crippen LogP contribution is -2.44. The smallest absolute Gasteiger partial charge is 0.408 e. The van der Waals surface area contributed by atoms with Crippen LogP contribution in [0.2, 0.25) is 0 Å². The zero-order chi connectivity index (χ0) is 16.3. The Morgan fingerprint density at radius 3 is 2.68 bits per heavy atom. The van der Waals surface area contributed by atoms with E-state index in [0.29, 0.717) is 12.2 Å². The Kier molecular flexibility index (Phi) is 4.80. The van der Waals surface area contributed by atoms with E-state index in [1.165, 1.54) is 4.90 Å². The standard InChI is InChI=1S/C14H18BrN5O2/c1-14(2,3)20(13(21)22)9-11-8-19(18-17-11)7-10-5-4-6-12(15)16-10/h4-6,8H,7,9H2,1-3H3,(H,21,22). The summed E-state index contributed by atoms with van der Waals surface area (Å²) in [4.78, 5) is 17.0. The maximum Gasteiger partial charge on any atom is 0.408 e. The summed E-state index contributed by atoms with van der Waals surface area (Å²) in [6.07, 6.45) is 0.764. The molecule has 1 N–H and O–H groups in total. The zero-order valence-corrected chi connectivity index (χ0v) is 14.3. The highest BCUT2D eigenvalue weighted by molar-refractivity contribution is 9.10. The van der Waals surface area contributed by atoms with Gasteiger partial charge >= 0.3 is 6.09 Å². The summed E-state index contributed by atoms with van der Waals surface area (Å²) in [7, 11) is 0. The highest BCUT2D eigenvalue weighted by Crippen LogP contribution is 2.16. The lowest BCUT2D eigenvalue weighted by atomic mass is 10.1. The molecule has 0 unspecified atom stereocenters. The normalized spacial score (nSPS) is 11.5. The van der Waals surface area contributed by atoms with Crippen molar-refractivity contribution in [3.8, 4) is 0 Å². The minimum absolute atomic E-state index is 0.199. The third-order valence-electron chi connectivity index (χ3n) is 3.04. The Labute approximate surface area is 137 Å². The molecule has 0 saturated carbocycles. The van der Waals surface area contributed by atoms with Crippen LogP contribution in [0.1, 0.15) is 32.2 Å². The summed E-state index contributed by atoms with van der Waals surface area (Å²) < 4.78 is 2.41. The van der Waals surface area contributed by atoms with E-state index in [0.717, 1.165) is 10.3 Å². The van der Waals surface area contributed by atoms with Crippen LogP contribution in [0.25, 0.3) is 0 Å². The second-order valence-electron chi connectivity index (χ2n) is 5.90. The van der Waals surface area contributed by atoms with Crippen LogP contribution in [-0.2, 0) is 13.1 Å². The molecule has 2 rings (SSSR count). The van der Waals surface area contributed by atoms with Crippen LogP contribution < -0.4 is 0 Å². The molecule has 0 bridgehead atoms. The average Bonchev–Trinajstić information content (AvgIpc) is 2.81.